The van der Waals surface area contributed by atoms with Crippen LogP contribution in [-0.4, -0.2) is 14.5 Å². The molecular weight excluding hydrogens is 269 g/mol. The Balaban J connectivity index is 2.82. The highest BCUT2D eigenvalue weighted by Gasteiger charge is 2.50. The van der Waals surface area contributed by atoms with E-state index in [1.165, 1.54) is 0 Å². The zero-order valence-electron chi connectivity index (χ0n) is 11.8. The molecule has 0 aliphatic heterocycles. The lowest BCUT2D eigenvalue weighted by Crippen LogP contribution is -2.47. The largest absolute Gasteiger partial charge is 0.412 e. The Morgan fingerprint density at radius 3 is 2.00 bits per heavy atom. The zero-order chi connectivity index (χ0) is 14.7. The van der Waals surface area contributed by atoms with Gasteiger partial charge < -0.3 is 4.43 Å². The van der Waals surface area contributed by atoms with Gasteiger partial charge in [0, 0.05) is 0 Å². The third-order valence-corrected chi connectivity index (χ3v) is 8.55. The molecule has 1 unspecified atom stereocenters. The van der Waals surface area contributed by atoms with Crippen LogP contribution in [0, 0.1) is 0 Å². The number of rotatable bonds is 4. The summed E-state index contributed by atoms with van der Waals surface area (Å²) in [5, 5.41) is -0.461. The third-order valence-electron chi connectivity index (χ3n) is 3.52. The van der Waals surface area contributed by atoms with E-state index < -0.39 is 25.6 Å². The van der Waals surface area contributed by atoms with Gasteiger partial charge >= 0.3 is 6.18 Å². The van der Waals surface area contributed by atoms with Gasteiger partial charge in [-0.05, 0) is 17.1 Å². The Labute approximate surface area is 113 Å². The van der Waals surface area contributed by atoms with Gasteiger partial charge in [0.1, 0.15) is 0 Å². The lowest BCUT2D eigenvalue weighted by atomic mass is 10.2. The number of benzene rings is 1. The molecule has 0 saturated heterocycles. The van der Waals surface area contributed by atoms with Crippen molar-refractivity contribution in [3.05, 3.63) is 35.9 Å². The highest BCUT2D eigenvalue weighted by Crippen LogP contribution is 2.44. The van der Waals surface area contributed by atoms with Crippen LogP contribution in [0.5, 0.6) is 0 Å². The molecule has 1 rings (SSSR count). The fraction of sp³-hybridized carbons (Fsp3) is 0.571. The molecule has 0 radical (unpaired) electrons. The first-order chi connectivity index (χ1) is 8.54. The van der Waals surface area contributed by atoms with Crippen LogP contribution in [0.15, 0.2) is 30.3 Å². The summed E-state index contributed by atoms with van der Waals surface area (Å²) in [4.78, 5) is 0. The SMILES string of the molecule is CC(C)(C)[Si](C)(CC(F)(F)F)OCc1ccccc1. The maximum absolute atomic E-state index is 12.8. The molecule has 0 saturated carbocycles. The Kier molecular flexibility index (Phi) is 4.85. The number of hydrogen-bond donors (Lipinski definition) is 0. The lowest BCUT2D eigenvalue weighted by Gasteiger charge is -2.39. The minimum absolute atomic E-state index is 0.247. The molecule has 0 amide bonds. The van der Waals surface area contributed by atoms with Crippen LogP contribution in [0.4, 0.5) is 13.2 Å². The Bertz CT molecular complexity index is 397. The molecule has 1 aromatic carbocycles. The van der Waals surface area contributed by atoms with Crippen LogP contribution < -0.4 is 0 Å². The molecule has 1 aromatic rings. The van der Waals surface area contributed by atoms with E-state index in [1.807, 2.05) is 51.1 Å². The van der Waals surface area contributed by atoms with Crippen molar-refractivity contribution >= 4 is 8.32 Å². The molecule has 0 heterocycles. The van der Waals surface area contributed by atoms with Gasteiger partial charge in [-0.1, -0.05) is 51.1 Å². The van der Waals surface area contributed by atoms with Crippen LogP contribution in [0.25, 0.3) is 0 Å². The van der Waals surface area contributed by atoms with Crippen molar-refractivity contribution in [3.8, 4) is 0 Å². The highest BCUT2D eigenvalue weighted by molar-refractivity contribution is 6.75. The second kappa shape index (κ2) is 5.67. The van der Waals surface area contributed by atoms with Crippen molar-refractivity contribution in [2.75, 3.05) is 0 Å². The second-order valence-corrected chi connectivity index (χ2v) is 10.7. The van der Waals surface area contributed by atoms with Gasteiger partial charge in [0.05, 0.1) is 12.7 Å². The van der Waals surface area contributed by atoms with E-state index in [2.05, 4.69) is 0 Å². The highest BCUT2D eigenvalue weighted by atomic mass is 28.4. The minimum Gasteiger partial charge on any atom is -0.412 e. The summed E-state index contributed by atoms with van der Waals surface area (Å²) >= 11 is 0. The average Bonchev–Trinajstić information content (AvgIpc) is 2.24. The first-order valence-corrected chi connectivity index (χ1v) is 8.90. The minimum atomic E-state index is -4.18. The number of hydrogen-bond acceptors (Lipinski definition) is 1. The van der Waals surface area contributed by atoms with Crippen molar-refractivity contribution in [1.29, 1.82) is 0 Å². The fourth-order valence-corrected chi connectivity index (χ4v) is 4.05. The van der Waals surface area contributed by atoms with Gasteiger partial charge in [0.2, 0.25) is 8.32 Å². The van der Waals surface area contributed by atoms with Crippen LogP contribution in [0.2, 0.25) is 17.6 Å². The van der Waals surface area contributed by atoms with Gasteiger partial charge in [-0.25, -0.2) is 0 Å². The average molecular weight is 290 g/mol. The first-order valence-electron chi connectivity index (χ1n) is 6.28. The summed E-state index contributed by atoms with van der Waals surface area (Å²) < 4.78 is 44.1. The quantitative estimate of drug-likeness (QED) is 0.698. The number of alkyl halides is 3. The zero-order valence-corrected chi connectivity index (χ0v) is 12.8. The van der Waals surface area contributed by atoms with Gasteiger partial charge in [-0.2, -0.15) is 13.2 Å². The van der Waals surface area contributed by atoms with Crippen molar-refractivity contribution in [1.82, 2.24) is 0 Å². The summed E-state index contributed by atoms with van der Waals surface area (Å²) in [6.45, 7) is 7.40. The maximum atomic E-state index is 12.8. The van der Waals surface area contributed by atoms with E-state index in [0.29, 0.717) is 0 Å². The lowest BCUT2D eigenvalue weighted by molar-refractivity contribution is -0.114. The standard InChI is InChI=1S/C14H21F3OSi/c1-13(2,3)19(4,11-14(15,16)17)18-10-12-8-6-5-7-9-12/h5-9H,10-11H2,1-4H3. The third kappa shape index (κ3) is 4.99. The van der Waals surface area contributed by atoms with E-state index in [0.717, 1.165) is 5.56 Å². The first kappa shape index (κ1) is 16.2. The van der Waals surface area contributed by atoms with Crippen LogP contribution in [0.3, 0.4) is 0 Å². The molecule has 108 valence electrons. The van der Waals surface area contributed by atoms with Gasteiger partial charge in [0.25, 0.3) is 0 Å². The van der Waals surface area contributed by atoms with E-state index >= 15 is 0 Å². The predicted molar refractivity (Wildman–Crippen MR) is 73.4 cm³/mol. The molecule has 1 atom stereocenters. The molecule has 0 bridgehead atoms. The molecule has 19 heavy (non-hydrogen) atoms. The van der Waals surface area contributed by atoms with E-state index in [4.69, 9.17) is 4.43 Å². The van der Waals surface area contributed by atoms with Crippen LogP contribution >= 0.6 is 0 Å². The summed E-state index contributed by atoms with van der Waals surface area (Å²) in [5.74, 6) is 0. The van der Waals surface area contributed by atoms with Crippen molar-refractivity contribution in [2.24, 2.45) is 0 Å². The molecule has 0 aromatic heterocycles. The van der Waals surface area contributed by atoms with Crippen molar-refractivity contribution in [3.63, 3.8) is 0 Å². The monoisotopic (exact) mass is 290 g/mol. The molecule has 1 nitrogen and oxygen atoms in total. The van der Waals surface area contributed by atoms with E-state index in [-0.39, 0.29) is 6.61 Å². The Morgan fingerprint density at radius 1 is 1.05 bits per heavy atom. The summed E-state index contributed by atoms with van der Waals surface area (Å²) in [5.41, 5.74) is 0.910. The van der Waals surface area contributed by atoms with Crippen molar-refractivity contribution < 1.29 is 17.6 Å². The number of halogens is 3. The van der Waals surface area contributed by atoms with E-state index in [9.17, 15) is 13.2 Å². The second-order valence-electron chi connectivity index (χ2n) is 6.05. The summed E-state index contributed by atoms with van der Waals surface area (Å²) in [7, 11) is -2.89. The molecule has 5 heteroatoms. The molecule has 0 aliphatic carbocycles. The molecule has 0 aliphatic rings. The summed E-state index contributed by atoms with van der Waals surface area (Å²) in [6, 6.07) is 8.52. The Hall–Kier alpha value is -0.813. The van der Waals surface area contributed by atoms with Gasteiger partial charge in [0.15, 0.2) is 0 Å². The van der Waals surface area contributed by atoms with Gasteiger partial charge in [-0.3, -0.25) is 0 Å². The van der Waals surface area contributed by atoms with Crippen LogP contribution in [-0.2, 0) is 11.0 Å². The Morgan fingerprint density at radius 2 is 1.58 bits per heavy atom. The van der Waals surface area contributed by atoms with Crippen molar-refractivity contribution in [2.45, 2.75) is 51.2 Å². The normalized spacial score (nSPS) is 16.2. The molecule has 0 spiro atoms. The smallest absolute Gasteiger partial charge is 0.389 e. The summed E-state index contributed by atoms with van der Waals surface area (Å²) in [6.07, 6.45) is -4.18. The molecule has 0 N–H and O–H groups in total. The molecule has 0 fully saturated rings. The van der Waals surface area contributed by atoms with Gasteiger partial charge in [-0.15, -0.1) is 0 Å². The topological polar surface area (TPSA) is 9.23 Å². The predicted octanol–water partition coefficient (Wildman–Crippen LogP) is 5.14. The fourth-order valence-electron chi connectivity index (χ4n) is 1.73. The maximum Gasteiger partial charge on any atom is 0.389 e. The molecular formula is C14H21F3OSi. The van der Waals surface area contributed by atoms with Crippen LogP contribution in [0.1, 0.15) is 26.3 Å². The van der Waals surface area contributed by atoms with E-state index in [1.54, 1.807) is 6.55 Å².